The lowest BCUT2D eigenvalue weighted by atomic mass is 9.86. The van der Waals surface area contributed by atoms with Crippen LogP contribution < -0.4 is 10.9 Å². The van der Waals surface area contributed by atoms with Gasteiger partial charge in [0.25, 0.3) is 0 Å². The average molecular weight is 300 g/mol. The molecule has 0 radical (unpaired) electrons. The van der Waals surface area contributed by atoms with E-state index in [4.69, 9.17) is 4.42 Å². The predicted molar refractivity (Wildman–Crippen MR) is 89.0 cm³/mol. The zero-order chi connectivity index (χ0) is 15.7. The van der Waals surface area contributed by atoms with Crippen molar-refractivity contribution in [2.75, 3.05) is 0 Å². The first-order valence-corrected chi connectivity index (χ1v) is 8.42. The highest BCUT2D eigenvalue weighted by Crippen LogP contribution is 2.24. The van der Waals surface area contributed by atoms with Crippen molar-refractivity contribution in [1.82, 2.24) is 0 Å². The maximum absolute atomic E-state index is 11.9. The molecule has 0 aliphatic heterocycles. The number of nitrogens with two attached hydrogens (primary N) is 1. The number of quaternary nitrogens is 1. The molecule has 1 aromatic heterocycles. The zero-order valence-corrected chi connectivity index (χ0v) is 13.8. The minimum atomic E-state index is -0.235. The highest BCUT2D eigenvalue weighted by molar-refractivity contribution is 5.83. The quantitative estimate of drug-likeness (QED) is 0.886. The highest BCUT2D eigenvalue weighted by Gasteiger charge is 2.24. The summed E-state index contributed by atoms with van der Waals surface area (Å²) in [7, 11) is 0. The van der Waals surface area contributed by atoms with Gasteiger partial charge in [-0.3, -0.25) is 0 Å². The summed E-state index contributed by atoms with van der Waals surface area (Å²) in [5.74, 6) is 0.768. The summed E-state index contributed by atoms with van der Waals surface area (Å²) < 4.78 is 5.46. The van der Waals surface area contributed by atoms with Gasteiger partial charge in [-0.2, -0.15) is 0 Å². The Bertz CT molecular complexity index is 732. The number of hydrogen-bond donors (Lipinski definition) is 1. The minimum Gasteiger partial charge on any atom is -0.422 e. The standard InChI is InChI=1S/C19H25NO2/c1-12-8-9-16-15(10-18(21)22-19(16)14(12)3)11-20-17-7-5-4-6-13(17)2/h8-10,13,17,20H,4-7,11H2,1-3H3/p+1/t13-,17-/m0/s1. The SMILES string of the molecule is Cc1ccc2c(C[NH2+][C@H]3CCCC[C@@H]3C)cc(=O)oc2c1C. The zero-order valence-electron chi connectivity index (χ0n) is 13.8. The van der Waals surface area contributed by atoms with Gasteiger partial charge in [0, 0.05) is 22.9 Å². The number of benzene rings is 1. The summed E-state index contributed by atoms with van der Waals surface area (Å²) in [6, 6.07) is 6.56. The predicted octanol–water partition coefficient (Wildman–Crippen LogP) is 3.05. The molecule has 0 saturated heterocycles. The van der Waals surface area contributed by atoms with Crippen LogP contribution in [0, 0.1) is 19.8 Å². The van der Waals surface area contributed by atoms with E-state index in [0.29, 0.717) is 6.04 Å². The van der Waals surface area contributed by atoms with Gasteiger partial charge in [0.1, 0.15) is 12.1 Å². The lowest BCUT2D eigenvalue weighted by Crippen LogP contribution is -2.90. The van der Waals surface area contributed by atoms with Gasteiger partial charge in [-0.1, -0.05) is 25.5 Å². The first kappa shape index (κ1) is 15.3. The Hall–Kier alpha value is -1.61. The van der Waals surface area contributed by atoms with Crippen molar-refractivity contribution >= 4 is 11.0 Å². The summed E-state index contributed by atoms with van der Waals surface area (Å²) in [6.07, 6.45) is 5.32. The van der Waals surface area contributed by atoms with Crippen LogP contribution in [0.15, 0.2) is 27.4 Å². The van der Waals surface area contributed by atoms with Crippen LogP contribution in [0.25, 0.3) is 11.0 Å². The van der Waals surface area contributed by atoms with Gasteiger partial charge in [0.2, 0.25) is 0 Å². The monoisotopic (exact) mass is 300 g/mol. The maximum Gasteiger partial charge on any atom is 0.336 e. The first-order chi connectivity index (χ1) is 10.6. The van der Waals surface area contributed by atoms with Crippen molar-refractivity contribution in [1.29, 1.82) is 0 Å². The van der Waals surface area contributed by atoms with Crippen molar-refractivity contribution < 1.29 is 9.73 Å². The molecule has 3 nitrogen and oxygen atoms in total. The second-order valence-electron chi connectivity index (χ2n) is 6.84. The Labute approximate surface area is 131 Å². The second kappa shape index (κ2) is 6.25. The number of hydrogen-bond acceptors (Lipinski definition) is 2. The van der Waals surface area contributed by atoms with Crippen LogP contribution in [0.3, 0.4) is 0 Å². The Kier molecular flexibility index (Phi) is 4.34. The van der Waals surface area contributed by atoms with Crippen LogP contribution in [-0.4, -0.2) is 6.04 Å². The van der Waals surface area contributed by atoms with E-state index >= 15 is 0 Å². The number of aryl methyl sites for hydroxylation is 2. The van der Waals surface area contributed by atoms with Gasteiger partial charge < -0.3 is 9.73 Å². The fourth-order valence-corrected chi connectivity index (χ4v) is 3.67. The van der Waals surface area contributed by atoms with Crippen LogP contribution in [-0.2, 0) is 6.54 Å². The summed E-state index contributed by atoms with van der Waals surface area (Å²) in [5, 5.41) is 3.51. The minimum absolute atomic E-state index is 0.235. The lowest BCUT2D eigenvalue weighted by molar-refractivity contribution is -0.712. The van der Waals surface area contributed by atoms with Crippen LogP contribution in [0.2, 0.25) is 0 Å². The fourth-order valence-electron chi connectivity index (χ4n) is 3.67. The van der Waals surface area contributed by atoms with Crippen molar-refractivity contribution in [2.45, 2.75) is 59.0 Å². The molecule has 3 heteroatoms. The molecule has 1 fully saturated rings. The molecule has 0 spiro atoms. The molecule has 1 saturated carbocycles. The van der Waals surface area contributed by atoms with Gasteiger partial charge in [-0.15, -0.1) is 0 Å². The third-order valence-electron chi connectivity index (χ3n) is 5.34. The molecule has 118 valence electrons. The Morgan fingerprint density at radius 1 is 1.23 bits per heavy atom. The van der Waals surface area contributed by atoms with Crippen molar-refractivity contribution in [3.05, 3.63) is 45.3 Å². The third kappa shape index (κ3) is 2.95. The van der Waals surface area contributed by atoms with Gasteiger partial charge in [0.05, 0.1) is 6.04 Å². The summed E-state index contributed by atoms with van der Waals surface area (Å²) in [6.45, 7) is 7.29. The molecule has 22 heavy (non-hydrogen) atoms. The van der Waals surface area contributed by atoms with Crippen molar-refractivity contribution in [3.63, 3.8) is 0 Å². The molecular formula is C19H26NO2+. The van der Waals surface area contributed by atoms with Gasteiger partial charge >= 0.3 is 5.63 Å². The Balaban J connectivity index is 1.90. The normalized spacial score (nSPS) is 22.1. The largest absolute Gasteiger partial charge is 0.422 e. The van der Waals surface area contributed by atoms with E-state index in [1.807, 2.05) is 6.92 Å². The van der Waals surface area contributed by atoms with Gasteiger partial charge in [0.15, 0.2) is 0 Å². The fraction of sp³-hybridized carbons (Fsp3) is 0.526. The number of rotatable bonds is 3. The summed E-state index contributed by atoms with van der Waals surface area (Å²) in [5.41, 5.74) is 3.86. The van der Waals surface area contributed by atoms with E-state index in [2.05, 4.69) is 31.3 Å². The first-order valence-electron chi connectivity index (χ1n) is 8.42. The second-order valence-corrected chi connectivity index (χ2v) is 6.84. The summed E-state index contributed by atoms with van der Waals surface area (Å²) >= 11 is 0. The molecular weight excluding hydrogens is 274 g/mol. The molecule has 1 aromatic carbocycles. The van der Waals surface area contributed by atoms with E-state index in [0.717, 1.165) is 40.1 Å². The van der Waals surface area contributed by atoms with Crippen LogP contribution in [0.4, 0.5) is 0 Å². The molecule has 2 atom stereocenters. The van der Waals surface area contributed by atoms with E-state index in [1.165, 1.54) is 25.7 Å². The van der Waals surface area contributed by atoms with E-state index in [9.17, 15) is 4.79 Å². The number of fused-ring (bicyclic) bond motifs is 1. The van der Waals surface area contributed by atoms with Crippen molar-refractivity contribution in [3.8, 4) is 0 Å². The molecule has 1 heterocycles. The lowest BCUT2D eigenvalue weighted by Gasteiger charge is -2.26. The van der Waals surface area contributed by atoms with Crippen LogP contribution in [0.1, 0.15) is 49.3 Å². The van der Waals surface area contributed by atoms with Gasteiger partial charge in [-0.05, 0) is 44.2 Å². The molecule has 0 bridgehead atoms. The topological polar surface area (TPSA) is 46.8 Å². The third-order valence-corrected chi connectivity index (χ3v) is 5.34. The van der Waals surface area contributed by atoms with E-state index < -0.39 is 0 Å². The molecule has 1 aliphatic rings. The molecule has 1 aliphatic carbocycles. The van der Waals surface area contributed by atoms with E-state index in [-0.39, 0.29) is 5.63 Å². The smallest absolute Gasteiger partial charge is 0.336 e. The maximum atomic E-state index is 11.9. The molecule has 0 unspecified atom stereocenters. The van der Waals surface area contributed by atoms with Crippen LogP contribution >= 0.6 is 0 Å². The average Bonchev–Trinajstić information content (AvgIpc) is 2.50. The molecule has 2 N–H and O–H groups in total. The molecule has 3 rings (SSSR count). The van der Waals surface area contributed by atoms with Crippen molar-refractivity contribution in [2.24, 2.45) is 5.92 Å². The molecule has 2 aromatic rings. The van der Waals surface area contributed by atoms with E-state index in [1.54, 1.807) is 6.07 Å². The Morgan fingerprint density at radius 2 is 2.00 bits per heavy atom. The molecule has 0 amide bonds. The van der Waals surface area contributed by atoms with Gasteiger partial charge in [-0.25, -0.2) is 4.79 Å². The van der Waals surface area contributed by atoms with Crippen LogP contribution in [0.5, 0.6) is 0 Å². The highest BCUT2D eigenvalue weighted by atomic mass is 16.4. The Morgan fingerprint density at radius 3 is 2.77 bits per heavy atom. The summed E-state index contributed by atoms with van der Waals surface area (Å²) in [4.78, 5) is 11.9.